The van der Waals surface area contributed by atoms with Crippen LogP contribution in [-0.4, -0.2) is 37.3 Å². The molecule has 0 aliphatic carbocycles. The summed E-state index contributed by atoms with van der Waals surface area (Å²) in [5, 5.41) is 19.7. The highest BCUT2D eigenvalue weighted by molar-refractivity contribution is 6.11. The van der Waals surface area contributed by atoms with E-state index in [0.717, 1.165) is 0 Å². The Hall–Kier alpha value is -2.89. The molecule has 0 amide bonds. The Kier molecular flexibility index (Phi) is 4.41. The van der Waals surface area contributed by atoms with E-state index in [-0.39, 0.29) is 39.9 Å². The SMILES string of the molecule is COc1cc(C(=O)c2cccc(O)c2OC)cc(OC)c1O. The monoisotopic (exact) mass is 304 g/mol. The lowest BCUT2D eigenvalue weighted by molar-refractivity contribution is 0.103. The van der Waals surface area contributed by atoms with Crippen LogP contribution in [0.4, 0.5) is 0 Å². The smallest absolute Gasteiger partial charge is 0.200 e. The number of methoxy groups -OCH3 is 3. The fourth-order valence-corrected chi connectivity index (χ4v) is 2.10. The highest BCUT2D eigenvalue weighted by Gasteiger charge is 2.21. The minimum absolute atomic E-state index is 0.0820. The van der Waals surface area contributed by atoms with Crippen LogP contribution in [0.3, 0.4) is 0 Å². The lowest BCUT2D eigenvalue weighted by atomic mass is 10.0. The molecule has 0 atom stereocenters. The molecular formula is C16H16O6. The summed E-state index contributed by atoms with van der Waals surface area (Å²) in [4.78, 5) is 12.6. The summed E-state index contributed by atoms with van der Waals surface area (Å²) in [5.41, 5.74) is 0.424. The first kappa shape index (κ1) is 15.5. The van der Waals surface area contributed by atoms with Crippen molar-refractivity contribution in [1.29, 1.82) is 0 Å². The second-order valence-electron chi connectivity index (χ2n) is 4.42. The summed E-state index contributed by atoms with van der Waals surface area (Å²) in [5.74, 6) is -0.415. The summed E-state index contributed by atoms with van der Waals surface area (Å²) in [6.45, 7) is 0. The van der Waals surface area contributed by atoms with Gasteiger partial charge in [-0.2, -0.15) is 0 Å². The van der Waals surface area contributed by atoms with Crippen LogP contribution >= 0.6 is 0 Å². The van der Waals surface area contributed by atoms with Gasteiger partial charge in [0.25, 0.3) is 0 Å². The number of para-hydroxylation sites is 1. The zero-order chi connectivity index (χ0) is 16.3. The Bertz CT molecular complexity index is 683. The Morgan fingerprint density at radius 1 is 0.955 bits per heavy atom. The van der Waals surface area contributed by atoms with Crippen LogP contribution in [0.2, 0.25) is 0 Å². The van der Waals surface area contributed by atoms with Crippen LogP contribution in [0.1, 0.15) is 15.9 Å². The van der Waals surface area contributed by atoms with E-state index >= 15 is 0 Å². The Labute approximate surface area is 127 Å². The average Bonchev–Trinajstić information content (AvgIpc) is 2.54. The molecule has 0 heterocycles. The zero-order valence-corrected chi connectivity index (χ0v) is 12.4. The first-order valence-electron chi connectivity index (χ1n) is 6.39. The van der Waals surface area contributed by atoms with E-state index in [1.807, 2.05) is 0 Å². The minimum atomic E-state index is -0.399. The summed E-state index contributed by atoms with van der Waals surface area (Å²) in [6.07, 6.45) is 0. The fraction of sp³-hybridized carbons (Fsp3) is 0.188. The van der Waals surface area contributed by atoms with Crippen LogP contribution in [-0.2, 0) is 0 Å². The van der Waals surface area contributed by atoms with Crippen LogP contribution in [0.15, 0.2) is 30.3 Å². The third kappa shape index (κ3) is 2.63. The molecule has 0 aromatic heterocycles. The van der Waals surface area contributed by atoms with Gasteiger partial charge in [-0.15, -0.1) is 0 Å². The van der Waals surface area contributed by atoms with Gasteiger partial charge in [-0.25, -0.2) is 0 Å². The van der Waals surface area contributed by atoms with Crippen molar-refractivity contribution in [2.75, 3.05) is 21.3 Å². The van der Waals surface area contributed by atoms with Crippen LogP contribution in [0, 0.1) is 0 Å². The normalized spacial score (nSPS) is 10.1. The number of aromatic hydroxyl groups is 2. The molecule has 2 N–H and O–H groups in total. The number of phenolic OH excluding ortho intramolecular Hbond substituents is 2. The van der Waals surface area contributed by atoms with E-state index < -0.39 is 5.78 Å². The van der Waals surface area contributed by atoms with Gasteiger partial charge in [-0.3, -0.25) is 4.79 Å². The third-order valence-electron chi connectivity index (χ3n) is 3.18. The van der Waals surface area contributed by atoms with Crippen molar-refractivity contribution in [2.45, 2.75) is 0 Å². The van der Waals surface area contributed by atoms with Crippen LogP contribution in [0.25, 0.3) is 0 Å². The van der Waals surface area contributed by atoms with Gasteiger partial charge in [0, 0.05) is 5.56 Å². The van der Waals surface area contributed by atoms with Crippen molar-refractivity contribution >= 4 is 5.78 Å². The second kappa shape index (κ2) is 6.26. The van der Waals surface area contributed by atoms with E-state index in [9.17, 15) is 15.0 Å². The molecule has 2 rings (SSSR count). The molecule has 0 aliphatic heterocycles. The topological polar surface area (TPSA) is 85.2 Å². The molecular weight excluding hydrogens is 288 g/mol. The van der Waals surface area contributed by atoms with Crippen molar-refractivity contribution in [3.63, 3.8) is 0 Å². The van der Waals surface area contributed by atoms with Crippen molar-refractivity contribution < 1.29 is 29.2 Å². The van der Waals surface area contributed by atoms with Crippen molar-refractivity contribution in [2.24, 2.45) is 0 Å². The molecule has 6 nitrogen and oxygen atoms in total. The molecule has 0 spiro atoms. The lowest BCUT2D eigenvalue weighted by Crippen LogP contribution is -2.05. The highest BCUT2D eigenvalue weighted by Crippen LogP contribution is 2.39. The Morgan fingerprint density at radius 3 is 2.05 bits per heavy atom. The molecule has 0 unspecified atom stereocenters. The molecule has 2 aromatic carbocycles. The largest absolute Gasteiger partial charge is 0.504 e. The first-order chi connectivity index (χ1) is 10.5. The van der Waals surface area contributed by atoms with Gasteiger partial charge in [0.1, 0.15) is 0 Å². The number of carbonyl (C=O) groups is 1. The Morgan fingerprint density at radius 2 is 1.55 bits per heavy atom. The molecule has 0 saturated carbocycles. The van der Waals surface area contributed by atoms with Crippen molar-refractivity contribution in [3.05, 3.63) is 41.5 Å². The lowest BCUT2D eigenvalue weighted by Gasteiger charge is -2.12. The maximum Gasteiger partial charge on any atom is 0.200 e. The maximum absolute atomic E-state index is 12.6. The van der Waals surface area contributed by atoms with Crippen LogP contribution < -0.4 is 14.2 Å². The van der Waals surface area contributed by atoms with Gasteiger partial charge >= 0.3 is 0 Å². The summed E-state index contributed by atoms with van der Waals surface area (Å²) < 4.78 is 15.1. The second-order valence-corrected chi connectivity index (χ2v) is 4.42. The molecule has 0 aliphatic rings. The molecule has 0 fully saturated rings. The van der Waals surface area contributed by atoms with Crippen LogP contribution in [0.5, 0.6) is 28.7 Å². The molecule has 0 bridgehead atoms. The Balaban J connectivity index is 2.57. The first-order valence-corrected chi connectivity index (χ1v) is 6.39. The number of benzene rings is 2. The number of hydrogen-bond donors (Lipinski definition) is 2. The van der Waals surface area contributed by atoms with Crippen molar-refractivity contribution in [1.82, 2.24) is 0 Å². The molecule has 0 radical (unpaired) electrons. The number of ketones is 1. The molecule has 2 aromatic rings. The standard InChI is InChI=1S/C16H16O6/c1-20-12-7-9(8-13(21-2)15(12)19)14(18)10-5-4-6-11(17)16(10)22-3/h4-8,17,19H,1-3H3. The van der Waals surface area contributed by atoms with E-state index in [4.69, 9.17) is 14.2 Å². The molecule has 6 heteroatoms. The summed E-state index contributed by atoms with van der Waals surface area (Å²) in [6, 6.07) is 7.29. The van der Waals surface area contributed by atoms with E-state index in [1.165, 1.54) is 45.6 Å². The maximum atomic E-state index is 12.6. The van der Waals surface area contributed by atoms with E-state index in [1.54, 1.807) is 6.07 Å². The number of rotatable bonds is 5. The van der Waals surface area contributed by atoms with Gasteiger partial charge < -0.3 is 24.4 Å². The number of phenols is 2. The van der Waals surface area contributed by atoms with E-state index in [2.05, 4.69) is 0 Å². The molecule has 0 saturated heterocycles. The average molecular weight is 304 g/mol. The van der Waals surface area contributed by atoms with Gasteiger partial charge in [0.15, 0.2) is 28.8 Å². The van der Waals surface area contributed by atoms with Gasteiger partial charge in [0.05, 0.1) is 26.9 Å². The summed E-state index contributed by atoms with van der Waals surface area (Å²) in [7, 11) is 4.11. The predicted octanol–water partition coefficient (Wildman–Crippen LogP) is 2.35. The predicted molar refractivity (Wildman–Crippen MR) is 79.3 cm³/mol. The van der Waals surface area contributed by atoms with Gasteiger partial charge in [-0.05, 0) is 24.3 Å². The van der Waals surface area contributed by atoms with Crippen molar-refractivity contribution in [3.8, 4) is 28.7 Å². The van der Waals surface area contributed by atoms with Gasteiger partial charge in [-0.1, -0.05) is 6.07 Å². The zero-order valence-electron chi connectivity index (χ0n) is 12.4. The quantitative estimate of drug-likeness (QED) is 0.825. The third-order valence-corrected chi connectivity index (χ3v) is 3.18. The number of hydrogen-bond acceptors (Lipinski definition) is 6. The number of carbonyl (C=O) groups excluding carboxylic acids is 1. The minimum Gasteiger partial charge on any atom is -0.504 e. The highest BCUT2D eigenvalue weighted by atomic mass is 16.5. The molecule has 116 valence electrons. The molecule has 22 heavy (non-hydrogen) atoms. The van der Waals surface area contributed by atoms with E-state index in [0.29, 0.717) is 0 Å². The fourth-order valence-electron chi connectivity index (χ4n) is 2.10. The summed E-state index contributed by atoms with van der Waals surface area (Å²) >= 11 is 0. The number of ether oxygens (including phenoxy) is 3. The van der Waals surface area contributed by atoms with Gasteiger partial charge in [0.2, 0.25) is 5.75 Å².